The molecule has 0 N–H and O–H groups in total. The molecule has 0 saturated heterocycles. The average molecular weight is 454 g/mol. The van der Waals surface area contributed by atoms with E-state index in [1.807, 2.05) is 12.1 Å². The van der Waals surface area contributed by atoms with Gasteiger partial charge in [-0.15, -0.1) is 0 Å². The zero-order valence-electron chi connectivity index (χ0n) is 19.1. The number of methoxy groups -OCH3 is 1. The second-order valence-electron chi connectivity index (χ2n) is 7.53. The Morgan fingerprint density at radius 3 is 2.30 bits per heavy atom. The van der Waals surface area contributed by atoms with Crippen molar-refractivity contribution in [3.8, 4) is 22.6 Å². The van der Waals surface area contributed by atoms with Gasteiger partial charge in [0.05, 0.1) is 7.11 Å². The van der Waals surface area contributed by atoms with Crippen molar-refractivity contribution in [2.45, 2.75) is 27.0 Å². The Morgan fingerprint density at radius 1 is 0.909 bits per heavy atom. The summed E-state index contributed by atoms with van der Waals surface area (Å²) in [6, 6.07) is 19.9. The van der Waals surface area contributed by atoms with Crippen molar-refractivity contribution in [1.82, 2.24) is 9.72 Å². The van der Waals surface area contributed by atoms with Gasteiger partial charge in [0.15, 0.2) is 17.2 Å². The summed E-state index contributed by atoms with van der Waals surface area (Å²) in [5.74, 6) is 0.177. The molecule has 1 aromatic heterocycles. The number of aromatic nitrogens is 2. The summed E-state index contributed by atoms with van der Waals surface area (Å²) in [6.07, 6.45) is 0. The summed E-state index contributed by atoms with van der Waals surface area (Å²) >= 11 is 0. The first kappa shape index (κ1) is 24.6. The Balaban J connectivity index is 0.00000306. The second-order valence-corrected chi connectivity index (χ2v) is 7.53. The second kappa shape index (κ2) is 10.7. The van der Waals surface area contributed by atoms with Gasteiger partial charge in [-0.25, -0.2) is 4.79 Å². The number of aryl methyl sites for hydroxylation is 2. The van der Waals surface area contributed by atoms with Crippen molar-refractivity contribution >= 4 is 0 Å². The smallest absolute Gasteiger partial charge is 0.493 e. The van der Waals surface area contributed by atoms with Crippen molar-refractivity contribution in [3.05, 3.63) is 104 Å². The fraction of sp³-hybridized carbons (Fsp3) is 0.200. The van der Waals surface area contributed by atoms with E-state index >= 15 is 0 Å². The van der Waals surface area contributed by atoms with Crippen molar-refractivity contribution in [2.24, 2.45) is 0 Å². The Bertz CT molecular complexity index is 1350. The molecule has 8 heteroatoms. The average Bonchev–Trinajstić information content (AvgIpc) is 3.09. The molecule has 0 unspecified atom stereocenters. The van der Waals surface area contributed by atoms with Gasteiger partial charge in [-0.3, -0.25) is 9.53 Å². The third-order valence-corrected chi connectivity index (χ3v) is 5.23. The van der Waals surface area contributed by atoms with Crippen molar-refractivity contribution < 1.29 is 43.6 Å². The van der Waals surface area contributed by atoms with Crippen molar-refractivity contribution in [3.63, 3.8) is 0 Å². The van der Waals surface area contributed by atoms with Crippen LogP contribution in [-0.4, -0.2) is 11.8 Å². The first-order valence-electron chi connectivity index (χ1n) is 10.1. The molecule has 4 aromatic rings. The van der Waals surface area contributed by atoms with Gasteiger partial charge in [0.25, 0.3) is 0 Å². The van der Waals surface area contributed by atoms with Crippen molar-refractivity contribution in [1.29, 1.82) is 0 Å². The fourth-order valence-corrected chi connectivity index (χ4v) is 3.73. The molecule has 4 rings (SSSR count). The number of ether oxygens (including phenoxy) is 2. The number of hydrogen-bond donors (Lipinski definition) is 0. The van der Waals surface area contributed by atoms with E-state index in [9.17, 15) is 9.59 Å². The zero-order chi connectivity index (χ0) is 22.7. The number of rotatable bonds is 7. The maximum atomic E-state index is 11.6. The summed E-state index contributed by atoms with van der Waals surface area (Å²) < 4.78 is 17.1. The van der Waals surface area contributed by atoms with E-state index in [1.165, 1.54) is 16.7 Å². The molecule has 0 bridgehead atoms. The van der Waals surface area contributed by atoms with Gasteiger partial charge in [0.2, 0.25) is 0 Å². The topological polar surface area (TPSA) is 84.8 Å². The Morgan fingerprint density at radius 2 is 1.64 bits per heavy atom. The number of hydrogen-bond acceptors (Lipinski definition) is 5. The molecule has 3 aromatic carbocycles. The van der Waals surface area contributed by atoms with E-state index in [0.717, 1.165) is 15.9 Å². The molecule has 0 aliphatic heterocycles. The summed E-state index contributed by atoms with van der Waals surface area (Å²) in [4.78, 5) is 25.9. The molecule has 33 heavy (non-hydrogen) atoms. The van der Waals surface area contributed by atoms with Crippen LogP contribution in [0.4, 0.5) is 0 Å². The van der Waals surface area contributed by atoms with Crippen LogP contribution >= 0.6 is 0 Å². The van der Waals surface area contributed by atoms with E-state index < -0.39 is 11.4 Å². The largest absolute Gasteiger partial charge is 1.00 e. The molecule has 0 aliphatic carbocycles. The van der Waals surface area contributed by atoms with Crippen LogP contribution in [-0.2, 0) is 13.2 Å². The summed E-state index contributed by atoms with van der Waals surface area (Å²) in [5.41, 5.74) is 5.88. The predicted molar refractivity (Wildman–Crippen MR) is 120 cm³/mol. The van der Waals surface area contributed by atoms with E-state index in [-0.39, 0.29) is 36.1 Å². The molecule has 0 radical (unpaired) electrons. The molecule has 0 spiro atoms. The number of benzene rings is 3. The van der Waals surface area contributed by atoms with Crippen LogP contribution in [0.5, 0.6) is 11.5 Å². The first-order valence-corrected chi connectivity index (χ1v) is 10.1. The molecular formula is C25H23N2NaO5. The van der Waals surface area contributed by atoms with E-state index in [1.54, 1.807) is 25.3 Å². The quantitative estimate of drug-likeness (QED) is 0.382. The van der Waals surface area contributed by atoms with Gasteiger partial charge < -0.3 is 19.0 Å². The van der Waals surface area contributed by atoms with Crippen LogP contribution in [0.15, 0.2) is 74.8 Å². The minimum absolute atomic E-state index is 0. The standard InChI is InChI=1S/C25H24N2O5.Na/c1-16-6-4-7-17(2)23(16)20-9-5-8-19(12-20)15-31-21-11-10-18(13-22(21)30-3)14-27-24(28)26-25(29)32-27;/h4-13H,14-15H2,1-3H3,(H,26,28,29);/q;+1/p-1. The fourth-order valence-electron chi connectivity index (χ4n) is 3.73. The summed E-state index contributed by atoms with van der Waals surface area (Å²) in [6.45, 7) is 4.67. The van der Waals surface area contributed by atoms with Gasteiger partial charge in [-0.1, -0.05) is 42.5 Å². The SMILES string of the molecule is COc1cc(Cn2oc(=O)[n-]c2=O)ccc1OCc1cccc(-c2c(C)cccc2C)c1.[Na+]. The van der Waals surface area contributed by atoms with Gasteiger partial charge in [0.1, 0.15) is 6.61 Å². The van der Waals surface area contributed by atoms with E-state index in [2.05, 4.69) is 49.2 Å². The molecule has 0 aliphatic rings. The van der Waals surface area contributed by atoms with E-state index in [4.69, 9.17) is 14.0 Å². The molecule has 0 atom stereocenters. The van der Waals surface area contributed by atoms with Crippen LogP contribution in [0.2, 0.25) is 0 Å². The molecule has 0 amide bonds. The van der Waals surface area contributed by atoms with Gasteiger partial charge in [-0.05, 0) is 65.4 Å². The summed E-state index contributed by atoms with van der Waals surface area (Å²) in [7, 11) is 1.55. The van der Waals surface area contributed by atoms with Gasteiger partial charge in [0, 0.05) is 6.54 Å². The number of nitrogens with zero attached hydrogens (tertiary/aromatic N) is 2. The third kappa shape index (κ3) is 5.68. The van der Waals surface area contributed by atoms with Crippen LogP contribution in [0.1, 0.15) is 22.3 Å². The normalized spacial score (nSPS) is 10.5. The van der Waals surface area contributed by atoms with Crippen molar-refractivity contribution in [2.75, 3.05) is 7.11 Å². The third-order valence-electron chi connectivity index (χ3n) is 5.23. The predicted octanol–water partition coefficient (Wildman–Crippen LogP) is 0.682. The molecule has 1 heterocycles. The Labute approximate surface area is 213 Å². The minimum atomic E-state index is -0.912. The summed E-state index contributed by atoms with van der Waals surface area (Å²) in [5, 5.41) is 0. The minimum Gasteiger partial charge on any atom is -0.493 e. The Hall–Kier alpha value is -3.00. The maximum Gasteiger partial charge on any atom is 1.00 e. The van der Waals surface area contributed by atoms with Crippen LogP contribution < -0.4 is 55.5 Å². The van der Waals surface area contributed by atoms with Crippen LogP contribution in [0.25, 0.3) is 11.1 Å². The van der Waals surface area contributed by atoms with E-state index in [0.29, 0.717) is 23.7 Å². The monoisotopic (exact) mass is 454 g/mol. The molecule has 0 fully saturated rings. The van der Waals surface area contributed by atoms with Crippen LogP contribution in [0.3, 0.4) is 0 Å². The molecule has 0 saturated carbocycles. The first-order chi connectivity index (χ1) is 15.4. The molecule has 7 nitrogen and oxygen atoms in total. The zero-order valence-corrected chi connectivity index (χ0v) is 21.1. The molecular weight excluding hydrogens is 431 g/mol. The molecule has 164 valence electrons. The van der Waals surface area contributed by atoms with Crippen LogP contribution in [0, 0.1) is 13.8 Å². The van der Waals surface area contributed by atoms with Gasteiger partial charge >= 0.3 is 35.3 Å². The maximum absolute atomic E-state index is 11.6. The van der Waals surface area contributed by atoms with Gasteiger partial charge in [-0.2, -0.15) is 0 Å². The Kier molecular flexibility index (Phi) is 8.02.